The lowest BCUT2D eigenvalue weighted by molar-refractivity contribution is -0.118. The first-order valence-corrected chi connectivity index (χ1v) is 6.02. The van der Waals surface area contributed by atoms with Gasteiger partial charge < -0.3 is 15.3 Å². The maximum absolute atomic E-state index is 11.7. The number of imide groups is 1. The highest BCUT2D eigenvalue weighted by Gasteiger charge is 2.14. The van der Waals surface area contributed by atoms with E-state index in [1.807, 2.05) is 30.3 Å². The van der Waals surface area contributed by atoms with Gasteiger partial charge in [-0.2, -0.15) is 0 Å². The molecule has 0 saturated heterocycles. The van der Waals surface area contributed by atoms with Gasteiger partial charge in [-0.15, -0.1) is 0 Å². The van der Waals surface area contributed by atoms with E-state index >= 15 is 0 Å². The average molecular weight is 265 g/mol. The van der Waals surface area contributed by atoms with E-state index in [4.69, 9.17) is 0 Å². The van der Waals surface area contributed by atoms with Crippen molar-refractivity contribution in [1.82, 2.24) is 10.6 Å². The van der Waals surface area contributed by atoms with Crippen LogP contribution in [-0.4, -0.2) is 43.3 Å². The number of aliphatic hydroxyl groups excluding tert-OH is 1. The van der Waals surface area contributed by atoms with Crippen LogP contribution in [0.15, 0.2) is 30.3 Å². The Bertz CT molecular complexity index is 420. The standard InChI is InChI=1S/C13H19N3O3/c1-10(17)8-16(11-6-4-3-5-7-11)9-12(18)15-13(19)14-2/h3-7,10,17H,8-9H2,1-2H3,(H2,14,15,18,19)/t10-/m0/s1. The summed E-state index contributed by atoms with van der Waals surface area (Å²) < 4.78 is 0. The molecule has 1 aromatic rings. The van der Waals surface area contributed by atoms with Crippen LogP contribution in [0.4, 0.5) is 10.5 Å². The molecule has 0 aliphatic heterocycles. The summed E-state index contributed by atoms with van der Waals surface area (Å²) in [5.74, 6) is -0.427. The van der Waals surface area contributed by atoms with E-state index in [1.165, 1.54) is 7.05 Å². The van der Waals surface area contributed by atoms with E-state index < -0.39 is 18.0 Å². The molecule has 3 N–H and O–H groups in total. The Balaban J connectivity index is 2.70. The summed E-state index contributed by atoms with van der Waals surface area (Å²) in [7, 11) is 1.44. The van der Waals surface area contributed by atoms with Crippen LogP contribution in [0.25, 0.3) is 0 Å². The van der Waals surface area contributed by atoms with Crippen LogP contribution in [0.2, 0.25) is 0 Å². The molecule has 0 aromatic heterocycles. The third kappa shape index (κ3) is 5.39. The van der Waals surface area contributed by atoms with Crippen molar-refractivity contribution in [1.29, 1.82) is 0 Å². The number of rotatable bonds is 5. The van der Waals surface area contributed by atoms with Gasteiger partial charge in [-0.1, -0.05) is 18.2 Å². The number of carbonyl (C=O) groups excluding carboxylic acids is 2. The van der Waals surface area contributed by atoms with Crippen LogP contribution in [0, 0.1) is 0 Å². The minimum absolute atomic E-state index is 0.00231. The van der Waals surface area contributed by atoms with Crippen molar-refractivity contribution in [2.45, 2.75) is 13.0 Å². The predicted molar refractivity (Wildman–Crippen MR) is 72.9 cm³/mol. The number of amides is 3. The second-order valence-corrected chi connectivity index (χ2v) is 4.19. The zero-order chi connectivity index (χ0) is 14.3. The molecular weight excluding hydrogens is 246 g/mol. The van der Waals surface area contributed by atoms with Crippen LogP contribution < -0.4 is 15.5 Å². The Kier molecular flexibility index (Phi) is 5.81. The third-order valence-electron chi connectivity index (χ3n) is 2.42. The van der Waals surface area contributed by atoms with Crippen molar-refractivity contribution in [3.05, 3.63) is 30.3 Å². The van der Waals surface area contributed by atoms with Crippen molar-refractivity contribution in [3.63, 3.8) is 0 Å². The zero-order valence-corrected chi connectivity index (χ0v) is 11.1. The molecular formula is C13H19N3O3. The van der Waals surface area contributed by atoms with Crippen LogP contribution in [-0.2, 0) is 4.79 Å². The van der Waals surface area contributed by atoms with Crippen molar-refractivity contribution in [3.8, 4) is 0 Å². The molecule has 0 aliphatic carbocycles. The lowest BCUT2D eigenvalue weighted by atomic mass is 10.2. The summed E-state index contributed by atoms with van der Waals surface area (Å²) in [5.41, 5.74) is 0.815. The fourth-order valence-electron chi connectivity index (χ4n) is 1.62. The molecule has 0 radical (unpaired) electrons. The molecule has 0 unspecified atom stereocenters. The van der Waals surface area contributed by atoms with Gasteiger partial charge in [-0.3, -0.25) is 10.1 Å². The highest BCUT2D eigenvalue weighted by Crippen LogP contribution is 2.13. The summed E-state index contributed by atoms with van der Waals surface area (Å²) in [6, 6.07) is 8.71. The molecule has 1 aromatic carbocycles. The van der Waals surface area contributed by atoms with E-state index in [9.17, 15) is 14.7 Å². The Labute approximate surface area is 112 Å². The quantitative estimate of drug-likeness (QED) is 0.716. The Hall–Kier alpha value is -2.08. The fourth-order valence-corrected chi connectivity index (χ4v) is 1.62. The molecule has 0 heterocycles. The molecule has 0 spiro atoms. The maximum atomic E-state index is 11.7. The Morgan fingerprint density at radius 2 is 1.95 bits per heavy atom. The molecule has 0 aliphatic rings. The summed E-state index contributed by atoms with van der Waals surface area (Å²) in [4.78, 5) is 24.4. The first-order valence-electron chi connectivity index (χ1n) is 6.02. The molecule has 0 fully saturated rings. The highest BCUT2D eigenvalue weighted by molar-refractivity contribution is 5.96. The first-order chi connectivity index (χ1) is 9.02. The minimum atomic E-state index is -0.576. The van der Waals surface area contributed by atoms with Gasteiger partial charge in [0.25, 0.3) is 0 Å². The summed E-state index contributed by atoms with van der Waals surface area (Å²) in [6.45, 7) is 1.96. The topological polar surface area (TPSA) is 81.7 Å². The van der Waals surface area contributed by atoms with E-state index in [2.05, 4.69) is 10.6 Å². The average Bonchev–Trinajstić information content (AvgIpc) is 2.38. The highest BCUT2D eigenvalue weighted by atomic mass is 16.3. The number of nitrogens with zero attached hydrogens (tertiary/aromatic N) is 1. The summed E-state index contributed by atoms with van der Waals surface area (Å²) in [5, 5.41) is 14.0. The number of hydrogen-bond donors (Lipinski definition) is 3. The fraction of sp³-hybridized carbons (Fsp3) is 0.385. The van der Waals surface area contributed by atoms with Gasteiger partial charge in [0.05, 0.1) is 12.6 Å². The van der Waals surface area contributed by atoms with Crippen LogP contribution in [0.5, 0.6) is 0 Å². The SMILES string of the molecule is CNC(=O)NC(=O)CN(C[C@H](C)O)c1ccccc1. The minimum Gasteiger partial charge on any atom is -0.392 e. The van der Waals surface area contributed by atoms with Crippen LogP contribution >= 0.6 is 0 Å². The monoisotopic (exact) mass is 265 g/mol. The van der Waals surface area contributed by atoms with E-state index in [-0.39, 0.29) is 6.54 Å². The smallest absolute Gasteiger partial charge is 0.321 e. The molecule has 19 heavy (non-hydrogen) atoms. The number of para-hydroxylation sites is 1. The largest absolute Gasteiger partial charge is 0.392 e. The summed E-state index contributed by atoms with van der Waals surface area (Å²) >= 11 is 0. The van der Waals surface area contributed by atoms with Crippen molar-refractivity contribution in [2.24, 2.45) is 0 Å². The molecule has 3 amide bonds. The molecule has 1 atom stereocenters. The number of anilines is 1. The van der Waals surface area contributed by atoms with Crippen LogP contribution in [0.3, 0.4) is 0 Å². The van der Waals surface area contributed by atoms with Gasteiger partial charge in [0.1, 0.15) is 0 Å². The van der Waals surface area contributed by atoms with Crippen molar-refractivity contribution < 1.29 is 14.7 Å². The van der Waals surface area contributed by atoms with Gasteiger partial charge in [0.15, 0.2) is 0 Å². The van der Waals surface area contributed by atoms with Gasteiger partial charge in [0, 0.05) is 19.3 Å². The molecule has 6 heteroatoms. The maximum Gasteiger partial charge on any atom is 0.321 e. The van der Waals surface area contributed by atoms with Gasteiger partial charge >= 0.3 is 6.03 Å². The van der Waals surface area contributed by atoms with Crippen LogP contribution in [0.1, 0.15) is 6.92 Å². The first kappa shape index (κ1) is 15.0. The van der Waals surface area contributed by atoms with Gasteiger partial charge in [-0.25, -0.2) is 4.79 Å². The van der Waals surface area contributed by atoms with Gasteiger partial charge in [-0.05, 0) is 19.1 Å². The number of carbonyl (C=O) groups is 2. The van der Waals surface area contributed by atoms with Crippen molar-refractivity contribution in [2.75, 3.05) is 25.0 Å². The number of benzene rings is 1. The molecule has 1 rings (SSSR count). The van der Waals surface area contributed by atoms with Gasteiger partial charge in [0.2, 0.25) is 5.91 Å². The molecule has 6 nitrogen and oxygen atoms in total. The second kappa shape index (κ2) is 7.38. The number of hydrogen-bond acceptors (Lipinski definition) is 4. The lowest BCUT2D eigenvalue weighted by Crippen LogP contribution is -2.45. The van der Waals surface area contributed by atoms with E-state index in [1.54, 1.807) is 11.8 Å². The van der Waals surface area contributed by atoms with E-state index in [0.29, 0.717) is 6.54 Å². The third-order valence-corrected chi connectivity index (χ3v) is 2.42. The second-order valence-electron chi connectivity index (χ2n) is 4.19. The Morgan fingerprint density at radius 1 is 1.32 bits per heavy atom. The summed E-state index contributed by atoms with van der Waals surface area (Å²) in [6.07, 6.45) is -0.576. The number of urea groups is 1. The number of aliphatic hydroxyl groups is 1. The zero-order valence-electron chi connectivity index (χ0n) is 11.1. The van der Waals surface area contributed by atoms with Crippen molar-refractivity contribution >= 4 is 17.6 Å². The molecule has 0 bridgehead atoms. The number of nitrogens with one attached hydrogen (secondary N) is 2. The molecule has 104 valence electrons. The Morgan fingerprint density at radius 3 is 2.47 bits per heavy atom. The lowest BCUT2D eigenvalue weighted by Gasteiger charge is -2.25. The normalized spacial score (nSPS) is 11.5. The van der Waals surface area contributed by atoms with E-state index in [0.717, 1.165) is 5.69 Å². The predicted octanol–water partition coefficient (Wildman–Crippen LogP) is 0.329. The molecule has 0 saturated carbocycles.